The summed E-state index contributed by atoms with van der Waals surface area (Å²) in [5, 5.41) is 11.5. The van der Waals surface area contributed by atoms with Gasteiger partial charge in [-0.3, -0.25) is 0 Å². The molecular weight excluding hydrogens is 122 g/mol. The minimum Gasteiger partial charge on any atom is -0.511 e. The van der Waals surface area contributed by atoms with Crippen molar-refractivity contribution in [1.29, 1.82) is 0 Å². The Morgan fingerprint density at radius 3 is 2.50 bits per heavy atom. The van der Waals surface area contributed by atoms with Crippen LogP contribution in [0.15, 0.2) is 12.3 Å². The third kappa shape index (κ3) is 2.23. The lowest BCUT2D eigenvalue weighted by atomic mass is 10.3. The molecule has 3 heteroatoms. The van der Waals surface area contributed by atoms with Crippen molar-refractivity contribution in [3.05, 3.63) is 12.3 Å². The molecule has 0 rings (SSSR count). The van der Waals surface area contributed by atoms with Crippen molar-refractivity contribution < 1.29 is 5.11 Å². The second-order valence-electron chi connectivity index (χ2n) is 1.52. The Bertz CT molecular complexity index is 80.5. The van der Waals surface area contributed by atoms with E-state index in [2.05, 4.69) is 24.5 Å². The second kappa shape index (κ2) is 3.80. The van der Waals surface area contributed by atoms with E-state index >= 15 is 0 Å². The molecule has 0 radical (unpaired) electrons. The molecule has 0 aliphatic carbocycles. The average Bonchev–Trinajstić information content (AvgIpc) is 1.69. The highest BCUT2D eigenvalue weighted by atomic mass is 32.1. The second-order valence-corrected chi connectivity index (χ2v) is 1.88. The Morgan fingerprint density at radius 2 is 2.50 bits per heavy atom. The fourth-order valence-electron chi connectivity index (χ4n) is 0.363. The lowest BCUT2D eigenvalue weighted by molar-refractivity contribution is 0.362. The first kappa shape index (κ1) is 7.85. The molecule has 2 nitrogen and oxygen atoms in total. The Morgan fingerprint density at radius 1 is 2.00 bits per heavy atom. The minimum atomic E-state index is -0.0710. The minimum absolute atomic E-state index is 0.0710. The van der Waals surface area contributed by atoms with Crippen LogP contribution in [0, 0.1) is 0 Å². The first-order chi connectivity index (χ1) is 3.72. The van der Waals surface area contributed by atoms with Crippen molar-refractivity contribution in [2.45, 2.75) is 6.04 Å². The van der Waals surface area contributed by atoms with Crippen LogP contribution in [0.5, 0.6) is 0 Å². The van der Waals surface area contributed by atoms with Gasteiger partial charge in [-0.05, 0) is 7.05 Å². The Balaban J connectivity index is 3.52. The molecule has 0 aromatic rings. The standard InChI is InChI=1S/C5H11NOS/c1-4(7)5(3-8)6-2/h5-8H,1,3H2,2H3/t5-/m0/s1. The Labute approximate surface area is 55.0 Å². The molecule has 0 bridgehead atoms. The number of aliphatic hydroxyl groups excluding tert-OH is 1. The summed E-state index contributed by atoms with van der Waals surface area (Å²) in [5.41, 5.74) is 0. The van der Waals surface area contributed by atoms with E-state index in [-0.39, 0.29) is 11.8 Å². The van der Waals surface area contributed by atoms with E-state index < -0.39 is 0 Å². The van der Waals surface area contributed by atoms with Gasteiger partial charge in [0, 0.05) is 5.75 Å². The summed E-state index contributed by atoms with van der Waals surface area (Å²) in [6.07, 6.45) is 0. The number of likely N-dealkylation sites (N-methyl/N-ethyl adjacent to an activating group) is 1. The van der Waals surface area contributed by atoms with Crippen molar-refractivity contribution in [2.75, 3.05) is 12.8 Å². The lowest BCUT2D eigenvalue weighted by Crippen LogP contribution is -2.28. The molecule has 0 unspecified atom stereocenters. The van der Waals surface area contributed by atoms with Gasteiger partial charge >= 0.3 is 0 Å². The molecule has 2 N–H and O–H groups in total. The summed E-state index contributed by atoms with van der Waals surface area (Å²) in [5.74, 6) is 0.716. The van der Waals surface area contributed by atoms with Gasteiger partial charge < -0.3 is 10.4 Å². The van der Waals surface area contributed by atoms with Crippen LogP contribution in [-0.2, 0) is 0 Å². The maximum atomic E-state index is 8.71. The SMILES string of the molecule is C=C(O)[C@H](CS)NC. The molecule has 0 aliphatic heterocycles. The molecule has 0 saturated carbocycles. The molecule has 0 aliphatic rings. The number of aliphatic hydroxyl groups is 1. The maximum absolute atomic E-state index is 8.71. The van der Waals surface area contributed by atoms with Crippen molar-refractivity contribution in [2.24, 2.45) is 0 Å². The van der Waals surface area contributed by atoms with Crippen LogP contribution < -0.4 is 5.32 Å². The van der Waals surface area contributed by atoms with Crippen LogP contribution in [-0.4, -0.2) is 23.9 Å². The van der Waals surface area contributed by atoms with E-state index in [0.29, 0.717) is 5.75 Å². The number of thiol groups is 1. The van der Waals surface area contributed by atoms with Gasteiger partial charge in [-0.15, -0.1) is 0 Å². The molecule has 0 aromatic carbocycles. The highest BCUT2D eigenvalue weighted by Crippen LogP contribution is 1.94. The third-order valence-electron chi connectivity index (χ3n) is 0.933. The molecular formula is C5H11NOS. The van der Waals surface area contributed by atoms with Crippen LogP contribution in [0.4, 0.5) is 0 Å². The Kier molecular flexibility index (Phi) is 3.73. The van der Waals surface area contributed by atoms with E-state index in [4.69, 9.17) is 5.11 Å². The molecule has 0 amide bonds. The van der Waals surface area contributed by atoms with Gasteiger partial charge in [0.15, 0.2) is 0 Å². The number of rotatable bonds is 3. The summed E-state index contributed by atoms with van der Waals surface area (Å²) < 4.78 is 0. The lowest BCUT2D eigenvalue weighted by Gasteiger charge is -2.09. The van der Waals surface area contributed by atoms with Crippen molar-refractivity contribution in [1.82, 2.24) is 5.32 Å². The van der Waals surface area contributed by atoms with Crippen LogP contribution in [0.3, 0.4) is 0 Å². The maximum Gasteiger partial charge on any atom is 0.103 e. The van der Waals surface area contributed by atoms with Gasteiger partial charge in [0.1, 0.15) is 5.76 Å². The summed E-state index contributed by atoms with van der Waals surface area (Å²) in [7, 11) is 1.75. The summed E-state index contributed by atoms with van der Waals surface area (Å²) in [6.45, 7) is 3.34. The zero-order chi connectivity index (χ0) is 6.57. The van der Waals surface area contributed by atoms with Crippen molar-refractivity contribution in [3.63, 3.8) is 0 Å². The molecule has 1 atom stereocenters. The van der Waals surface area contributed by atoms with Gasteiger partial charge in [-0.25, -0.2) is 0 Å². The summed E-state index contributed by atoms with van der Waals surface area (Å²) in [4.78, 5) is 0. The highest BCUT2D eigenvalue weighted by molar-refractivity contribution is 7.80. The molecule has 0 aromatic heterocycles. The Hall–Kier alpha value is -0.150. The van der Waals surface area contributed by atoms with Crippen LogP contribution >= 0.6 is 12.6 Å². The summed E-state index contributed by atoms with van der Waals surface area (Å²) in [6, 6.07) is -0.0710. The van der Waals surface area contributed by atoms with E-state index in [1.807, 2.05) is 0 Å². The van der Waals surface area contributed by atoms with Gasteiger partial charge in [0.25, 0.3) is 0 Å². The van der Waals surface area contributed by atoms with Crippen LogP contribution in [0.1, 0.15) is 0 Å². The molecule has 0 heterocycles. The van der Waals surface area contributed by atoms with Crippen LogP contribution in [0.2, 0.25) is 0 Å². The topological polar surface area (TPSA) is 32.3 Å². The average molecular weight is 133 g/mol. The van der Waals surface area contributed by atoms with E-state index in [9.17, 15) is 0 Å². The van der Waals surface area contributed by atoms with Crippen molar-refractivity contribution in [3.8, 4) is 0 Å². The van der Waals surface area contributed by atoms with Gasteiger partial charge in [-0.1, -0.05) is 6.58 Å². The number of hydrogen-bond donors (Lipinski definition) is 3. The largest absolute Gasteiger partial charge is 0.511 e. The van der Waals surface area contributed by atoms with Gasteiger partial charge in [-0.2, -0.15) is 12.6 Å². The normalized spacial score (nSPS) is 13.2. The number of nitrogens with one attached hydrogen (secondary N) is 1. The first-order valence-corrected chi connectivity index (χ1v) is 3.01. The molecule has 0 saturated heterocycles. The first-order valence-electron chi connectivity index (χ1n) is 2.38. The molecule has 48 valence electrons. The van der Waals surface area contributed by atoms with E-state index in [1.165, 1.54) is 0 Å². The van der Waals surface area contributed by atoms with E-state index in [0.717, 1.165) is 0 Å². The zero-order valence-electron chi connectivity index (χ0n) is 4.89. The van der Waals surface area contributed by atoms with Gasteiger partial charge in [0.2, 0.25) is 0 Å². The fourth-order valence-corrected chi connectivity index (χ4v) is 0.757. The predicted molar refractivity (Wildman–Crippen MR) is 38.5 cm³/mol. The van der Waals surface area contributed by atoms with Crippen LogP contribution in [0.25, 0.3) is 0 Å². The quantitative estimate of drug-likeness (QED) is 0.388. The highest BCUT2D eigenvalue weighted by Gasteiger charge is 2.03. The molecule has 8 heavy (non-hydrogen) atoms. The predicted octanol–water partition coefficient (Wildman–Crippen LogP) is 0.576. The third-order valence-corrected chi connectivity index (χ3v) is 1.30. The smallest absolute Gasteiger partial charge is 0.103 e. The monoisotopic (exact) mass is 133 g/mol. The van der Waals surface area contributed by atoms with E-state index in [1.54, 1.807) is 7.05 Å². The molecule has 0 fully saturated rings. The number of hydrogen-bond acceptors (Lipinski definition) is 3. The van der Waals surface area contributed by atoms with Gasteiger partial charge in [0.05, 0.1) is 6.04 Å². The zero-order valence-corrected chi connectivity index (χ0v) is 5.78. The summed E-state index contributed by atoms with van der Waals surface area (Å²) >= 11 is 3.95. The molecule has 0 spiro atoms. The van der Waals surface area contributed by atoms with Crippen molar-refractivity contribution >= 4 is 12.6 Å². The fraction of sp³-hybridized carbons (Fsp3) is 0.600.